The zero-order valence-electron chi connectivity index (χ0n) is 14.4. The van der Waals surface area contributed by atoms with Gasteiger partial charge in [0, 0.05) is 30.4 Å². The highest BCUT2D eigenvalue weighted by atomic mass is 16.3. The Morgan fingerprint density at radius 1 is 1.40 bits per heavy atom. The number of aliphatic hydroxyl groups is 1. The highest BCUT2D eigenvalue weighted by Gasteiger charge is 2.47. The summed E-state index contributed by atoms with van der Waals surface area (Å²) in [6, 6.07) is 6.11. The molecule has 2 aromatic heterocycles. The molecule has 1 aliphatic rings. The summed E-state index contributed by atoms with van der Waals surface area (Å²) in [6.45, 7) is 4.67. The van der Waals surface area contributed by atoms with E-state index in [9.17, 15) is 10.4 Å². The second kappa shape index (κ2) is 7.03. The number of aromatic nitrogens is 3. The number of nitrogens with zero attached hydrogens (tertiary/aromatic N) is 4. The largest absolute Gasteiger partial charge is 0.392 e. The van der Waals surface area contributed by atoms with E-state index in [0.29, 0.717) is 30.3 Å². The molecule has 0 aromatic carbocycles. The van der Waals surface area contributed by atoms with E-state index in [1.807, 2.05) is 32.2 Å². The van der Waals surface area contributed by atoms with Gasteiger partial charge in [-0.1, -0.05) is 19.9 Å². The first-order chi connectivity index (χ1) is 12.0. The first-order valence-corrected chi connectivity index (χ1v) is 8.35. The van der Waals surface area contributed by atoms with Crippen molar-refractivity contribution in [1.82, 2.24) is 15.0 Å². The monoisotopic (exact) mass is 338 g/mol. The third-order valence-corrected chi connectivity index (χ3v) is 4.86. The molecular weight excluding hydrogens is 316 g/mol. The molecule has 3 N–H and O–H groups in total. The van der Waals surface area contributed by atoms with Gasteiger partial charge in [0.2, 0.25) is 5.95 Å². The number of hydrogen-bond donors (Lipinski definition) is 3. The normalized spacial score (nSPS) is 21.0. The van der Waals surface area contributed by atoms with Gasteiger partial charge < -0.3 is 15.7 Å². The topological polar surface area (TPSA) is 107 Å². The lowest BCUT2D eigenvalue weighted by Crippen LogP contribution is -2.57. The Hall–Kier alpha value is -2.72. The minimum Gasteiger partial charge on any atom is -0.392 e. The summed E-state index contributed by atoms with van der Waals surface area (Å²) in [5, 5.41) is 25.6. The van der Waals surface area contributed by atoms with Gasteiger partial charge in [0.1, 0.15) is 17.5 Å². The fourth-order valence-electron chi connectivity index (χ4n) is 2.84. The Kier molecular flexibility index (Phi) is 4.81. The van der Waals surface area contributed by atoms with Crippen LogP contribution in [0.2, 0.25) is 0 Å². The number of hydrogen-bond acceptors (Lipinski definition) is 7. The van der Waals surface area contributed by atoms with Crippen molar-refractivity contribution < 1.29 is 5.11 Å². The van der Waals surface area contributed by atoms with Gasteiger partial charge in [-0.05, 0) is 24.5 Å². The van der Waals surface area contributed by atoms with Crippen LogP contribution in [0.3, 0.4) is 0 Å². The van der Waals surface area contributed by atoms with Crippen LogP contribution in [0, 0.1) is 16.7 Å². The van der Waals surface area contributed by atoms with Crippen LogP contribution in [-0.4, -0.2) is 38.7 Å². The molecule has 2 heterocycles. The number of nitriles is 1. The van der Waals surface area contributed by atoms with E-state index >= 15 is 0 Å². The molecule has 7 nitrogen and oxygen atoms in total. The van der Waals surface area contributed by atoms with E-state index in [2.05, 4.69) is 31.7 Å². The summed E-state index contributed by atoms with van der Waals surface area (Å²) in [5.41, 5.74) is 1.29. The molecule has 2 atom stereocenters. The lowest BCUT2D eigenvalue weighted by molar-refractivity contribution is -0.0511. The zero-order valence-corrected chi connectivity index (χ0v) is 14.4. The van der Waals surface area contributed by atoms with Crippen molar-refractivity contribution >= 4 is 11.8 Å². The molecule has 3 rings (SSSR count). The van der Waals surface area contributed by atoms with Crippen LogP contribution in [0.15, 0.2) is 30.7 Å². The minimum atomic E-state index is -0.338. The van der Waals surface area contributed by atoms with E-state index in [0.717, 1.165) is 12.0 Å². The summed E-state index contributed by atoms with van der Waals surface area (Å²) >= 11 is 0. The molecule has 1 aliphatic carbocycles. The van der Waals surface area contributed by atoms with Gasteiger partial charge in [-0.2, -0.15) is 10.2 Å². The fourth-order valence-corrected chi connectivity index (χ4v) is 2.84. The molecule has 1 saturated carbocycles. The molecule has 0 amide bonds. The van der Waals surface area contributed by atoms with E-state index in [1.165, 1.54) is 6.20 Å². The van der Waals surface area contributed by atoms with Crippen LogP contribution >= 0.6 is 0 Å². The van der Waals surface area contributed by atoms with Crippen molar-refractivity contribution in [1.29, 1.82) is 5.26 Å². The fraction of sp³-hybridized carbons (Fsp3) is 0.444. The van der Waals surface area contributed by atoms with Gasteiger partial charge in [0.15, 0.2) is 0 Å². The van der Waals surface area contributed by atoms with Crippen LogP contribution < -0.4 is 10.6 Å². The van der Waals surface area contributed by atoms with Gasteiger partial charge in [0.05, 0.1) is 12.3 Å². The third-order valence-electron chi connectivity index (χ3n) is 4.86. The van der Waals surface area contributed by atoms with Crippen molar-refractivity contribution in [2.45, 2.75) is 38.8 Å². The van der Waals surface area contributed by atoms with Crippen molar-refractivity contribution in [3.05, 3.63) is 41.9 Å². The third kappa shape index (κ3) is 3.69. The quantitative estimate of drug-likeness (QED) is 0.739. The molecule has 0 radical (unpaired) electrons. The molecule has 0 aliphatic heterocycles. The average Bonchev–Trinajstić information content (AvgIpc) is 2.62. The standard InChI is InChI=1S/C18H22N6O/c1-18(2)14(8-15(18)25)23-16-13(9-19)11-22-17(24-16)21-7-5-12-4-3-6-20-10-12/h3-4,6,10-11,14-15,25H,5,7-8H2,1-2H3,(H2,21,22,23,24)/t14-,15+/m1/s1. The maximum Gasteiger partial charge on any atom is 0.224 e. The van der Waals surface area contributed by atoms with Crippen LogP contribution in [0.5, 0.6) is 0 Å². The molecule has 2 aromatic rings. The van der Waals surface area contributed by atoms with E-state index < -0.39 is 0 Å². The highest BCUT2D eigenvalue weighted by Crippen LogP contribution is 2.42. The van der Waals surface area contributed by atoms with E-state index in [4.69, 9.17) is 0 Å². The molecule has 0 spiro atoms. The molecule has 1 fully saturated rings. The Labute approximate surface area is 147 Å². The Bertz CT molecular complexity index is 771. The zero-order chi connectivity index (χ0) is 17.9. The Morgan fingerprint density at radius 2 is 2.24 bits per heavy atom. The number of aliphatic hydroxyl groups excluding tert-OH is 1. The molecule has 130 valence electrons. The minimum absolute atomic E-state index is 0.0766. The molecule has 0 saturated heterocycles. The number of anilines is 2. The van der Waals surface area contributed by atoms with Crippen LogP contribution in [0.4, 0.5) is 11.8 Å². The Balaban J connectivity index is 1.65. The summed E-state index contributed by atoms with van der Waals surface area (Å²) in [6.07, 6.45) is 6.21. The number of pyridine rings is 1. The molecular formula is C18H22N6O. The Morgan fingerprint density at radius 3 is 2.88 bits per heavy atom. The predicted octanol–water partition coefficient (Wildman–Crippen LogP) is 1.97. The van der Waals surface area contributed by atoms with Gasteiger partial charge in [-0.3, -0.25) is 4.98 Å². The maximum atomic E-state index is 9.87. The second-order valence-corrected chi connectivity index (χ2v) is 6.88. The lowest BCUT2D eigenvalue weighted by atomic mass is 9.64. The first kappa shape index (κ1) is 17.1. The smallest absolute Gasteiger partial charge is 0.224 e. The summed E-state index contributed by atoms with van der Waals surface area (Å²) in [5.74, 6) is 0.981. The summed E-state index contributed by atoms with van der Waals surface area (Å²) < 4.78 is 0. The lowest BCUT2D eigenvalue weighted by Gasteiger charge is -2.49. The van der Waals surface area contributed by atoms with Gasteiger partial charge in [-0.15, -0.1) is 0 Å². The SMILES string of the molecule is CC1(C)[C@@H](O)C[C@H]1Nc1nc(NCCc2cccnc2)ncc1C#N. The highest BCUT2D eigenvalue weighted by molar-refractivity contribution is 5.54. The average molecular weight is 338 g/mol. The summed E-state index contributed by atoms with van der Waals surface area (Å²) in [7, 11) is 0. The van der Waals surface area contributed by atoms with Crippen molar-refractivity contribution in [2.75, 3.05) is 17.2 Å². The van der Waals surface area contributed by atoms with Gasteiger partial charge in [0.25, 0.3) is 0 Å². The first-order valence-electron chi connectivity index (χ1n) is 8.35. The molecule has 25 heavy (non-hydrogen) atoms. The van der Waals surface area contributed by atoms with Crippen LogP contribution in [0.1, 0.15) is 31.4 Å². The van der Waals surface area contributed by atoms with Crippen molar-refractivity contribution in [2.24, 2.45) is 5.41 Å². The van der Waals surface area contributed by atoms with E-state index in [1.54, 1.807) is 6.20 Å². The van der Waals surface area contributed by atoms with Crippen molar-refractivity contribution in [3.63, 3.8) is 0 Å². The number of nitrogens with one attached hydrogen (secondary N) is 2. The predicted molar refractivity (Wildman–Crippen MR) is 95.0 cm³/mol. The van der Waals surface area contributed by atoms with Gasteiger partial charge >= 0.3 is 0 Å². The number of rotatable bonds is 6. The molecule has 0 unspecified atom stereocenters. The van der Waals surface area contributed by atoms with E-state index in [-0.39, 0.29) is 17.6 Å². The molecule has 0 bridgehead atoms. The van der Waals surface area contributed by atoms with Crippen LogP contribution in [0.25, 0.3) is 0 Å². The summed E-state index contributed by atoms with van der Waals surface area (Å²) in [4.78, 5) is 12.7. The second-order valence-electron chi connectivity index (χ2n) is 6.88. The molecule has 7 heteroatoms. The maximum absolute atomic E-state index is 9.87. The van der Waals surface area contributed by atoms with Gasteiger partial charge in [-0.25, -0.2) is 4.98 Å². The van der Waals surface area contributed by atoms with Crippen molar-refractivity contribution in [3.8, 4) is 6.07 Å². The van der Waals surface area contributed by atoms with Crippen LogP contribution in [-0.2, 0) is 6.42 Å².